The smallest absolute Gasteiger partial charge is 0.143 e. The molecule has 0 N–H and O–H groups in total. The lowest BCUT2D eigenvalue weighted by Crippen LogP contribution is -1.92. The third-order valence-corrected chi connectivity index (χ3v) is 8.63. The first kappa shape index (κ1) is 22.4. The van der Waals surface area contributed by atoms with Crippen LogP contribution in [-0.2, 0) is 0 Å². The molecule has 0 radical (unpaired) electrons. The fraction of sp³-hybridized carbons (Fsp3) is 0. The Morgan fingerprint density at radius 1 is 0.341 bits per heavy atom. The first-order chi connectivity index (χ1) is 20.3. The van der Waals surface area contributed by atoms with Crippen LogP contribution in [0.5, 0.6) is 0 Å². The highest BCUT2D eigenvalue weighted by molar-refractivity contribution is 6.28. The highest BCUT2D eigenvalue weighted by Crippen LogP contribution is 2.47. The molecule has 0 saturated carbocycles. The van der Waals surface area contributed by atoms with Crippen molar-refractivity contribution in [2.75, 3.05) is 0 Å². The molecule has 0 fully saturated rings. The van der Waals surface area contributed by atoms with Gasteiger partial charge in [-0.1, -0.05) is 127 Å². The van der Waals surface area contributed by atoms with Gasteiger partial charge in [0.25, 0.3) is 0 Å². The first-order valence-corrected chi connectivity index (χ1v) is 14.1. The summed E-state index contributed by atoms with van der Waals surface area (Å²) in [7, 11) is 0. The third kappa shape index (κ3) is 3.24. The predicted octanol–water partition coefficient (Wildman–Crippen LogP) is 11.5. The minimum Gasteiger partial charge on any atom is -0.455 e. The van der Waals surface area contributed by atoms with E-state index in [4.69, 9.17) is 4.42 Å². The van der Waals surface area contributed by atoms with Crippen molar-refractivity contribution in [3.8, 4) is 22.3 Å². The van der Waals surface area contributed by atoms with Crippen molar-refractivity contribution in [1.29, 1.82) is 0 Å². The minimum atomic E-state index is 0.916. The van der Waals surface area contributed by atoms with Crippen LogP contribution in [0.15, 0.2) is 150 Å². The topological polar surface area (TPSA) is 13.1 Å². The maximum atomic E-state index is 6.48. The van der Waals surface area contributed by atoms with Gasteiger partial charge in [-0.05, 0) is 78.2 Å². The molecular formula is C40H24O. The molecule has 190 valence electrons. The molecule has 0 aliphatic heterocycles. The summed E-state index contributed by atoms with van der Waals surface area (Å²) in [6.45, 7) is 0. The van der Waals surface area contributed by atoms with Crippen LogP contribution in [0.4, 0.5) is 0 Å². The molecule has 0 bridgehead atoms. The van der Waals surface area contributed by atoms with E-state index in [1.54, 1.807) is 0 Å². The second-order valence-corrected chi connectivity index (χ2v) is 10.8. The maximum Gasteiger partial charge on any atom is 0.143 e. The fourth-order valence-corrected chi connectivity index (χ4v) is 6.82. The Balaban J connectivity index is 1.46. The Morgan fingerprint density at radius 3 is 1.73 bits per heavy atom. The normalized spacial score (nSPS) is 11.9. The molecule has 1 heterocycles. The predicted molar refractivity (Wildman–Crippen MR) is 175 cm³/mol. The van der Waals surface area contributed by atoms with Crippen molar-refractivity contribution < 1.29 is 4.42 Å². The summed E-state index contributed by atoms with van der Waals surface area (Å²) in [6, 6.07) is 52.6. The van der Waals surface area contributed by atoms with Crippen molar-refractivity contribution in [2.45, 2.75) is 0 Å². The van der Waals surface area contributed by atoms with Crippen LogP contribution in [0, 0.1) is 0 Å². The lowest BCUT2D eigenvalue weighted by molar-refractivity contribution is 0.672. The largest absolute Gasteiger partial charge is 0.455 e. The van der Waals surface area contributed by atoms with Crippen molar-refractivity contribution >= 4 is 65.0 Å². The van der Waals surface area contributed by atoms with E-state index < -0.39 is 0 Å². The monoisotopic (exact) mass is 520 g/mol. The van der Waals surface area contributed by atoms with Gasteiger partial charge in [-0.2, -0.15) is 0 Å². The van der Waals surface area contributed by atoms with Crippen LogP contribution < -0.4 is 0 Å². The van der Waals surface area contributed by atoms with E-state index in [9.17, 15) is 0 Å². The van der Waals surface area contributed by atoms with Crippen LogP contribution in [-0.4, -0.2) is 0 Å². The van der Waals surface area contributed by atoms with E-state index in [2.05, 4.69) is 146 Å². The molecule has 41 heavy (non-hydrogen) atoms. The molecule has 0 atom stereocenters. The number of hydrogen-bond donors (Lipinski definition) is 0. The molecule has 9 aromatic rings. The third-order valence-electron chi connectivity index (χ3n) is 8.63. The average Bonchev–Trinajstić information content (AvgIpc) is 3.42. The van der Waals surface area contributed by atoms with Gasteiger partial charge in [0, 0.05) is 16.2 Å². The second-order valence-electron chi connectivity index (χ2n) is 10.8. The van der Waals surface area contributed by atoms with Gasteiger partial charge >= 0.3 is 0 Å². The van der Waals surface area contributed by atoms with Crippen LogP contribution in [0.2, 0.25) is 0 Å². The molecule has 0 aliphatic rings. The van der Waals surface area contributed by atoms with Crippen LogP contribution in [0.3, 0.4) is 0 Å². The Bertz CT molecular complexity index is 2460. The highest BCUT2D eigenvalue weighted by atomic mass is 16.3. The van der Waals surface area contributed by atoms with E-state index in [1.807, 2.05) is 0 Å². The van der Waals surface area contributed by atoms with Gasteiger partial charge in [0.15, 0.2) is 0 Å². The SMILES string of the molecule is c1ccc(-c2c3ccccc3c(-c3ccc4oc5c6ccccc6ccc5c4c3)c3c2ccc2ccccc23)cc1. The molecular weight excluding hydrogens is 496 g/mol. The van der Waals surface area contributed by atoms with E-state index in [-0.39, 0.29) is 0 Å². The summed E-state index contributed by atoms with van der Waals surface area (Å²) >= 11 is 0. The van der Waals surface area contributed by atoms with Gasteiger partial charge in [0.1, 0.15) is 11.2 Å². The quantitative estimate of drug-likeness (QED) is 0.163. The standard InChI is InChI=1S/C40H24O/c1-2-12-27(13-3-1)37-31-16-8-9-17-32(31)38(39-29-14-6-4-10-25(29)19-22-34(37)39)28-20-23-36-35(24-28)33-21-18-26-11-5-7-15-30(26)40(33)41-36/h1-24H. The Morgan fingerprint density at radius 2 is 0.951 bits per heavy atom. The molecule has 9 rings (SSSR count). The first-order valence-electron chi connectivity index (χ1n) is 14.1. The van der Waals surface area contributed by atoms with Crippen molar-refractivity contribution in [3.05, 3.63) is 146 Å². The molecule has 1 aromatic heterocycles. The summed E-state index contributed by atoms with van der Waals surface area (Å²) in [5.41, 5.74) is 6.86. The van der Waals surface area contributed by atoms with E-state index >= 15 is 0 Å². The zero-order valence-corrected chi connectivity index (χ0v) is 22.3. The Kier molecular flexibility index (Phi) is 4.67. The average molecular weight is 521 g/mol. The molecule has 1 nitrogen and oxygen atoms in total. The lowest BCUT2D eigenvalue weighted by Gasteiger charge is -2.19. The number of furan rings is 1. The van der Waals surface area contributed by atoms with Crippen molar-refractivity contribution in [3.63, 3.8) is 0 Å². The Hall–Kier alpha value is -5.40. The van der Waals surface area contributed by atoms with E-state index in [0.717, 1.165) is 27.3 Å². The zero-order valence-electron chi connectivity index (χ0n) is 22.3. The maximum absolute atomic E-state index is 6.48. The van der Waals surface area contributed by atoms with Crippen LogP contribution in [0.25, 0.3) is 87.3 Å². The Labute approximate surface area is 236 Å². The number of rotatable bonds is 2. The molecule has 0 amide bonds. The van der Waals surface area contributed by atoms with Gasteiger partial charge in [0.2, 0.25) is 0 Å². The molecule has 1 heteroatoms. The molecule has 0 unspecified atom stereocenters. The van der Waals surface area contributed by atoms with Crippen LogP contribution in [0.1, 0.15) is 0 Å². The molecule has 0 spiro atoms. The summed E-state index contributed by atoms with van der Waals surface area (Å²) in [5, 5.41) is 12.2. The molecule has 0 aliphatic carbocycles. The van der Waals surface area contributed by atoms with Gasteiger partial charge in [0.05, 0.1) is 0 Å². The van der Waals surface area contributed by atoms with Gasteiger partial charge < -0.3 is 4.42 Å². The van der Waals surface area contributed by atoms with Gasteiger partial charge in [-0.3, -0.25) is 0 Å². The number of fused-ring (bicyclic) bond motifs is 9. The van der Waals surface area contributed by atoms with E-state index in [1.165, 1.54) is 60.0 Å². The lowest BCUT2D eigenvalue weighted by atomic mass is 9.84. The minimum absolute atomic E-state index is 0.916. The van der Waals surface area contributed by atoms with Crippen molar-refractivity contribution in [2.24, 2.45) is 0 Å². The zero-order chi connectivity index (χ0) is 26.9. The highest BCUT2D eigenvalue weighted by Gasteiger charge is 2.19. The van der Waals surface area contributed by atoms with Gasteiger partial charge in [-0.25, -0.2) is 0 Å². The second kappa shape index (κ2) is 8.55. The fourth-order valence-electron chi connectivity index (χ4n) is 6.82. The van der Waals surface area contributed by atoms with Gasteiger partial charge in [-0.15, -0.1) is 0 Å². The summed E-state index contributed by atoms with van der Waals surface area (Å²) < 4.78 is 6.48. The summed E-state index contributed by atoms with van der Waals surface area (Å²) in [6.07, 6.45) is 0. The molecule has 0 saturated heterocycles. The summed E-state index contributed by atoms with van der Waals surface area (Å²) in [4.78, 5) is 0. The molecule has 8 aromatic carbocycles. The van der Waals surface area contributed by atoms with E-state index in [0.29, 0.717) is 0 Å². The van der Waals surface area contributed by atoms with Crippen molar-refractivity contribution in [1.82, 2.24) is 0 Å². The number of benzene rings is 8. The number of hydrogen-bond acceptors (Lipinski definition) is 1. The van der Waals surface area contributed by atoms with Crippen LogP contribution >= 0.6 is 0 Å². The summed E-state index contributed by atoms with van der Waals surface area (Å²) in [5.74, 6) is 0.